The second-order valence-electron chi connectivity index (χ2n) is 8.41. The lowest BCUT2D eigenvalue weighted by Crippen LogP contribution is -1.97. The van der Waals surface area contributed by atoms with Gasteiger partial charge in [0, 0.05) is 0 Å². The second kappa shape index (κ2) is 14.4. The average molecular weight is 400 g/mol. The van der Waals surface area contributed by atoms with Crippen molar-refractivity contribution in [2.75, 3.05) is 0 Å². The third kappa shape index (κ3) is 9.62. The van der Waals surface area contributed by atoms with Crippen LogP contribution >= 0.6 is 0 Å². The summed E-state index contributed by atoms with van der Waals surface area (Å²) in [6.45, 7) is 4.31. The van der Waals surface area contributed by atoms with Gasteiger partial charge in [-0.2, -0.15) is 0 Å². The minimum atomic E-state index is -0.590. The zero-order valence-corrected chi connectivity index (χ0v) is 18.7. The zero-order valence-electron chi connectivity index (χ0n) is 18.7. The van der Waals surface area contributed by atoms with E-state index < -0.39 is 6.10 Å². The molecule has 0 bridgehead atoms. The Morgan fingerprint density at radius 2 is 1.52 bits per heavy atom. The first-order valence-electron chi connectivity index (χ1n) is 11.9. The molecule has 0 spiro atoms. The van der Waals surface area contributed by atoms with Gasteiger partial charge >= 0.3 is 0 Å². The number of oxazole rings is 1. The van der Waals surface area contributed by atoms with Crippen LogP contribution in [0.1, 0.15) is 114 Å². The molecule has 1 atom stereocenters. The molecule has 2 aromatic rings. The second-order valence-corrected chi connectivity index (χ2v) is 8.41. The van der Waals surface area contributed by atoms with Gasteiger partial charge in [0.05, 0.1) is 0 Å². The van der Waals surface area contributed by atoms with Crippen LogP contribution in [0.5, 0.6) is 0 Å². The number of hydrogen-bond donors (Lipinski definition) is 1. The number of fused-ring (bicyclic) bond motifs is 1. The molecule has 1 unspecified atom stereocenters. The highest BCUT2D eigenvalue weighted by Gasteiger charge is 2.14. The van der Waals surface area contributed by atoms with Crippen LogP contribution in [0.15, 0.2) is 34.8 Å². The molecular formula is C26H41NO2. The standard InChI is InChI=1S/C26H41NO2/c1-3-4-5-6-7-8-9-10-11-12-13-14-15-16-17-18-24(28)26-27-23-21-22(2)19-20-25(23)29-26/h10-11,19-21,24,28H,3-9,12-18H2,1-2H3. The van der Waals surface area contributed by atoms with Gasteiger partial charge in [-0.15, -0.1) is 0 Å². The molecule has 0 aliphatic carbocycles. The quantitative estimate of drug-likeness (QED) is 0.228. The molecule has 3 heteroatoms. The average Bonchev–Trinajstić information content (AvgIpc) is 3.14. The maximum atomic E-state index is 10.3. The fraction of sp³-hybridized carbons (Fsp3) is 0.654. The first-order chi connectivity index (χ1) is 14.2. The highest BCUT2D eigenvalue weighted by Crippen LogP contribution is 2.24. The minimum Gasteiger partial charge on any atom is -0.438 e. The highest BCUT2D eigenvalue weighted by molar-refractivity contribution is 5.73. The number of aryl methyl sites for hydroxylation is 1. The SMILES string of the molecule is CCCCCCCCC=CCCCCCCCC(O)c1nc2cc(C)ccc2o1. The highest BCUT2D eigenvalue weighted by atomic mass is 16.4. The van der Waals surface area contributed by atoms with E-state index in [9.17, 15) is 5.11 Å². The van der Waals surface area contributed by atoms with Gasteiger partial charge in [-0.05, 0) is 56.7 Å². The van der Waals surface area contributed by atoms with Crippen molar-refractivity contribution >= 4 is 11.1 Å². The van der Waals surface area contributed by atoms with Crippen molar-refractivity contribution < 1.29 is 9.52 Å². The van der Waals surface area contributed by atoms with Crippen molar-refractivity contribution in [3.05, 3.63) is 41.8 Å². The lowest BCUT2D eigenvalue weighted by molar-refractivity contribution is 0.133. The largest absolute Gasteiger partial charge is 0.438 e. The summed E-state index contributed by atoms with van der Waals surface area (Å²) < 4.78 is 5.69. The van der Waals surface area contributed by atoms with Gasteiger partial charge in [-0.3, -0.25) is 0 Å². The van der Waals surface area contributed by atoms with E-state index in [4.69, 9.17) is 4.42 Å². The molecular weight excluding hydrogens is 358 g/mol. The normalized spacial score (nSPS) is 12.9. The van der Waals surface area contributed by atoms with Crippen LogP contribution in [0, 0.1) is 6.92 Å². The fourth-order valence-corrected chi connectivity index (χ4v) is 3.73. The molecule has 0 radical (unpaired) electrons. The number of aliphatic hydroxyl groups excluding tert-OH is 1. The van der Waals surface area contributed by atoms with Crippen molar-refractivity contribution in [2.45, 2.75) is 110 Å². The van der Waals surface area contributed by atoms with Crippen molar-refractivity contribution in [2.24, 2.45) is 0 Å². The lowest BCUT2D eigenvalue weighted by atomic mass is 10.1. The first-order valence-corrected chi connectivity index (χ1v) is 11.9. The number of nitrogens with zero attached hydrogens (tertiary/aromatic N) is 1. The van der Waals surface area contributed by atoms with Crippen LogP contribution in [-0.2, 0) is 0 Å². The molecule has 0 aliphatic heterocycles. The molecule has 29 heavy (non-hydrogen) atoms. The Labute approximate surface area is 177 Å². The number of aliphatic hydroxyl groups is 1. The zero-order chi connectivity index (χ0) is 20.7. The Balaban J connectivity index is 1.45. The van der Waals surface area contributed by atoms with Gasteiger partial charge in [0.2, 0.25) is 5.89 Å². The van der Waals surface area contributed by atoms with E-state index in [0.717, 1.165) is 35.9 Å². The molecule has 2 rings (SSSR count). The molecule has 1 aromatic heterocycles. The number of aromatic nitrogens is 1. The van der Waals surface area contributed by atoms with Crippen LogP contribution in [0.3, 0.4) is 0 Å². The Morgan fingerprint density at radius 3 is 2.21 bits per heavy atom. The van der Waals surface area contributed by atoms with Crippen molar-refractivity contribution in [1.29, 1.82) is 0 Å². The number of unbranched alkanes of at least 4 members (excludes halogenated alkanes) is 11. The van der Waals surface area contributed by atoms with Crippen LogP contribution < -0.4 is 0 Å². The Hall–Kier alpha value is -1.61. The molecule has 1 aromatic carbocycles. The summed E-state index contributed by atoms with van der Waals surface area (Å²) >= 11 is 0. The summed E-state index contributed by atoms with van der Waals surface area (Å²) in [7, 11) is 0. The number of hydrogen-bond acceptors (Lipinski definition) is 3. The lowest BCUT2D eigenvalue weighted by Gasteiger charge is -2.06. The molecule has 1 heterocycles. The van der Waals surface area contributed by atoms with E-state index in [-0.39, 0.29) is 0 Å². The van der Waals surface area contributed by atoms with E-state index in [1.54, 1.807) is 0 Å². The number of benzene rings is 1. The van der Waals surface area contributed by atoms with Crippen LogP contribution in [0.25, 0.3) is 11.1 Å². The third-order valence-electron chi connectivity index (χ3n) is 5.58. The van der Waals surface area contributed by atoms with Crippen molar-refractivity contribution in [3.8, 4) is 0 Å². The summed E-state index contributed by atoms with van der Waals surface area (Å²) in [5, 5.41) is 10.3. The predicted molar refractivity (Wildman–Crippen MR) is 123 cm³/mol. The van der Waals surface area contributed by atoms with Gasteiger partial charge in [0.15, 0.2) is 5.58 Å². The van der Waals surface area contributed by atoms with Crippen LogP contribution in [0.4, 0.5) is 0 Å². The Bertz CT molecular complexity index is 704. The molecule has 1 N–H and O–H groups in total. The van der Waals surface area contributed by atoms with E-state index in [1.807, 2.05) is 25.1 Å². The topological polar surface area (TPSA) is 46.3 Å². The summed E-state index contributed by atoms with van der Waals surface area (Å²) in [6.07, 6.45) is 21.6. The van der Waals surface area contributed by atoms with Crippen molar-refractivity contribution in [3.63, 3.8) is 0 Å². The summed E-state index contributed by atoms with van der Waals surface area (Å²) in [4.78, 5) is 4.44. The Morgan fingerprint density at radius 1 is 0.897 bits per heavy atom. The Kier molecular flexibility index (Phi) is 11.7. The predicted octanol–water partition coefficient (Wildman–Crippen LogP) is 8.21. The molecule has 0 fully saturated rings. The molecule has 0 amide bonds. The molecule has 0 saturated heterocycles. The van der Waals surface area contributed by atoms with E-state index in [1.165, 1.54) is 70.6 Å². The van der Waals surface area contributed by atoms with Gasteiger partial charge in [-0.25, -0.2) is 4.98 Å². The van der Waals surface area contributed by atoms with E-state index >= 15 is 0 Å². The minimum absolute atomic E-state index is 0.459. The van der Waals surface area contributed by atoms with Gasteiger partial charge in [0.25, 0.3) is 0 Å². The number of rotatable bonds is 16. The van der Waals surface area contributed by atoms with E-state index in [2.05, 4.69) is 24.1 Å². The van der Waals surface area contributed by atoms with Crippen LogP contribution in [-0.4, -0.2) is 10.1 Å². The third-order valence-corrected chi connectivity index (χ3v) is 5.58. The first kappa shape index (κ1) is 23.7. The molecule has 0 saturated carbocycles. The number of allylic oxidation sites excluding steroid dienone is 2. The molecule has 0 aliphatic rings. The summed E-state index contributed by atoms with van der Waals surface area (Å²) in [5.41, 5.74) is 2.75. The fourth-order valence-electron chi connectivity index (χ4n) is 3.73. The van der Waals surface area contributed by atoms with Crippen LogP contribution in [0.2, 0.25) is 0 Å². The monoisotopic (exact) mass is 399 g/mol. The molecule has 3 nitrogen and oxygen atoms in total. The molecule has 162 valence electrons. The maximum absolute atomic E-state index is 10.3. The van der Waals surface area contributed by atoms with Gasteiger partial charge < -0.3 is 9.52 Å². The summed E-state index contributed by atoms with van der Waals surface area (Å²) in [6, 6.07) is 5.93. The van der Waals surface area contributed by atoms with Gasteiger partial charge in [-0.1, -0.05) is 82.9 Å². The van der Waals surface area contributed by atoms with Crippen molar-refractivity contribution in [1.82, 2.24) is 4.98 Å². The van der Waals surface area contributed by atoms with Gasteiger partial charge in [0.1, 0.15) is 11.6 Å². The smallest absolute Gasteiger partial charge is 0.224 e. The summed E-state index contributed by atoms with van der Waals surface area (Å²) in [5.74, 6) is 0.459. The maximum Gasteiger partial charge on any atom is 0.224 e. The van der Waals surface area contributed by atoms with E-state index in [0.29, 0.717) is 5.89 Å².